The quantitative estimate of drug-likeness (QED) is 0.621. The minimum atomic E-state index is -5.76. The van der Waals surface area contributed by atoms with Crippen LogP contribution in [0, 0.1) is 0 Å². The number of benzene rings is 1. The number of hydrogen-bond donors (Lipinski definition) is 3. The van der Waals surface area contributed by atoms with E-state index < -0.39 is 33.0 Å². The van der Waals surface area contributed by atoms with Gasteiger partial charge < -0.3 is 11.5 Å². The molecule has 2 amide bonds. The third-order valence-corrected chi connectivity index (χ3v) is 4.70. The molecule has 146 valence electrons. The Bertz CT molecular complexity index is 820. The van der Waals surface area contributed by atoms with Crippen LogP contribution in [-0.4, -0.2) is 25.7 Å². The van der Waals surface area contributed by atoms with E-state index in [2.05, 4.69) is 0 Å². The van der Waals surface area contributed by atoms with Crippen LogP contribution in [0.2, 0.25) is 0 Å². The topological polar surface area (TPSA) is 132 Å². The molecule has 0 aliphatic rings. The van der Waals surface area contributed by atoms with Crippen molar-refractivity contribution in [1.29, 1.82) is 0 Å². The van der Waals surface area contributed by atoms with Crippen molar-refractivity contribution in [3.05, 3.63) is 28.3 Å². The van der Waals surface area contributed by atoms with E-state index in [1.165, 1.54) is 4.72 Å². The minimum Gasteiger partial charge on any atom is -0.366 e. The maximum atomic E-state index is 12.7. The van der Waals surface area contributed by atoms with Crippen molar-refractivity contribution < 1.29 is 31.2 Å². The van der Waals surface area contributed by atoms with Crippen LogP contribution >= 0.6 is 0 Å². The number of anilines is 1. The van der Waals surface area contributed by atoms with Gasteiger partial charge in [-0.1, -0.05) is 26.7 Å². The first-order chi connectivity index (χ1) is 11.9. The van der Waals surface area contributed by atoms with E-state index in [1.54, 1.807) is 13.8 Å². The molecule has 0 fully saturated rings. The average Bonchev–Trinajstić information content (AvgIpc) is 2.48. The summed E-state index contributed by atoms with van der Waals surface area (Å²) in [5.74, 6) is -1.99. The van der Waals surface area contributed by atoms with Crippen LogP contribution in [0.1, 0.15) is 58.5 Å². The summed E-state index contributed by atoms with van der Waals surface area (Å²) in [6.07, 6.45) is 1.19. The molecule has 0 saturated heterocycles. The number of carbonyl (C=O) groups is 2. The number of primary amides is 2. The summed E-state index contributed by atoms with van der Waals surface area (Å²) < 4.78 is 62.5. The van der Waals surface area contributed by atoms with E-state index in [0.717, 1.165) is 6.07 Å². The molecule has 0 unspecified atom stereocenters. The first-order valence-corrected chi connectivity index (χ1v) is 9.23. The number of nitrogens with one attached hydrogen (secondary N) is 1. The molecular formula is C15H20F3N3O4S. The van der Waals surface area contributed by atoms with Gasteiger partial charge in [-0.3, -0.25) is 14.3 Å². The number of nitrogens with two attached hydrogens (primary N) is 2. The Balaban J connectivity index is 3.84. The lowest BCUT2D eigenvalue weighted by Gasteiger charge is -2.21. The highest BCUT2D eigenvalue weighted by Gasteiger charge is 2.46. The van der Waals surface area contributed by atoms with Crippen LogP contribution < -0.4 is 16.2 Å². The summed E-state index contributed by atoms with van der Waals surface area (Å²) in [7, 11) is -5.76. The second kappa shape index (κ2) is 7.94. The van der Waals surface area contributed by atoms with Crippen molar-refractivity contribution in [2.45, 2.75) is 45.0 Å². The second-order valence-corrected chi connectivity index (χ2v) is 7.26. The van der Waals surface area contributed by atoms with Crippen molar-refractivity contribution in [2.24, 2.45) is 11.5 Å². The van der Waals surface area contributed by atoms with Crippen molar-refractivity contribution >= 4 is 27.5 Å². The van der Waals surface area contributed by atoms with Crippen LogP contribution in [-0.2, 0) is 22.9 Å². The Morgan fingerprint density at radius 1 is 1.04 bits per heavy atom. The zero-order valence-electron chi connectivity index (χ0n) is 14.2. The summed E-state index contributed by atoms with van der Waals surface area (Å²) in [5, 5.41) is 0. The Morgan fingerprint density at radius 2 is 1.54 bits per heavy atom. The van der Waals surface area contributed by atoms with Crippen molar-refractivity contribution in [3.8, 4) is 0 Å². The molecule has 11 heteroatoms. The van der Waals surface area contributed by atoms with E-state index in [-0.39, 0.29) is 35.1 Å². The predicted molar refractivity (Wildman–Crippen MR) is 90.1 cm³/mol. The molecule has 7 nitrogen and oxygen atoms in total. The SMILES string of the molecule is CCCc1c(NS(=O)(=O)C(F)(F)F)cc(C(N)=O)c(CCC)c1C(N)=O. The summed E-state index contributed by atoms with van der Waals surface area (Å²) in [4.78, 5) is 23.7. The number of carbonyl (C=O) groups excluding carboxylic acids is 2. The van der Waals surface area contributed by atoms with Gasteiger partial charge in [-0.25, -0.2) is 0 Å². The monoisotopic (exact) mass is 395 g/mol. The van der Waals surface area contributed by atoms with Crippen LogP contribution in [0.15, 0.2) is 6.07 Å². The number of sulfonamides is 1. The zero-order valence-corrected chi connectivity index (χ0v) is 15.1. The fourth-order valence-corrected chi connectivity index (χ4v) is 3.19. The standard InChI is InChI=1S/C15H20F3N3O4S/c1-3-5-8-10(13(19)22)7-11(21-26(24,25)15(16,17)18)9(6-4-2)12(8)14(20)23/h7,21H,3-6H2,1-2H3,(H2,19,22)(H2,20,23). The molecule has 0 saturated carbocycles. The summed E-state index contributed by atoms with van der Waals surface area (Å²) in [6.45, 7) is 3.45. The van der Waals surface area contributed by atoms with Gasteiger partial charge in [0, 0.05) is 11.1 Å². The Hall–Kier alpha value is -2.30. The van der Waals surface area contributed by atoms with Crippen LogP contribution in [0.3, 0.4) is 0 Å². The second-order valence-electron chi connectivity index (χ2n) is 5.58. The van der Waals surface area contributed by atoms with Gasteiger partial charge in [0.05, 0.1) is 5.69 Å². The molecule has 0 heterocycles. The average molecular weight is 395 g/mol. The zero-order chi connectivity index (χ0) is 20.3. The fourth-order valence-electron chi connectivity index (χ4n) is 2.60. The largest absolute Gasteiger partial charge is 0.516 e. The third-order valence-electron chi connectivity index (χ3n) is 3.60. The van der Waals surface area contributed by atoms with Gasteiger partial charge in [0.15, 0.2) is 0 Å². The molecule has 1 aromatic rings. The molecule has 1 rings (SSSR count). The number of alkyl halides is 3. The molecular weight excluding hydrogens is 375 g/mol. The Morgan fingerprint density at radius 3 is 1.92 bits per heavy atom. The van der Waals surface area contributed by atoms with Gasteiger partial charge >= 0.3 is 15.5 Å². The van der Waals surface area contributed by atoms with Crippen LogP contribution in [0.25, 0.3) is 0 Å². The first-order valence-electron chi connectivity index (χ1n) is 7.74. The molecule has 0 aliphatic heterocycles. The summed E-state index contributed by atoms with van der Waals surface area (Å²) in [6, 6.07) is 0.925. The van der Waals surface area contributed by atoms with E-state index in [1.807, 2.05) is 0 Å². The molecule has 0 aromatic heterocycles. The third kappa shape index (κ3) is 4.45. The van der Waals surface area contributed by atoms with Crippen molar-refractivity contribution in [1.82, 2.24) is 0 Å². The van der Waals surface area contributed by atoms with E-state index >= 15 is 0 Å². The van der Waals surface area contributed by atoms with Gasteiger partial charge in [-0.05, 0) is 30.0 Å². The van der Waals surface area contributed by atoms with Gasteiger partial charge in [0.1, 0.15) is 0 Å². The van der Waals surface area contributed by atoms with E-state index in [4.69, 9.17) is 11.5 Å². The fraction of sp³-hybridized carbons (Fsp3) is 0.467. The van der Waals surface area contributed by atoms with Gasteiger partial charge in [-0.2, -0.15) is 21.6 Å². The summed E-state index contributed by atoms with van der Waals surface area (Å²) >= 11 is 0. The molecule has 0 radical (unpaired) electrons. The van der Waals surface area contributed by atoms with Crippen molar-refractivity contribution in [3.63, 3.8) is 0 Å². The predicted octanol–water partition coefficient (Wildman–Crippen LogP) is 2.05. The molecule has 1 aromatic carbocycles. The van der Waals surface area contributed by atoms with Crippen molar-refractivity contribution in [2.75, 3.05) is 4.72 Å². The first kappa shape index (κ1) is 21.7. The number of hydrogen-bond acceptors (Lipinski definition) is 4. The van der Waals surface area contributed by atoms with Gasteiger partial charge in [-0.15, -0.1) is 0 Å². The van der Waals surface area contributed by atoms with Crippen LogP contribution in [0.4, 0.5) is 18.9 Å². The van der Waals surface area contributed by atoms with Crippen LogP contribution in [0.5, 0.6) is 0 Å². The lowest BCUT2D eigenvalue weighted by molar-refractivity contribution is -0.0429. The molecule has 5 N–H and O–H groups in total. The smallest absolute Gasteiger partial charge is 0.366 e. The van der Waals surface area contributed by atoms with Gasteiger partial charge in [0.2, 0.25) is 11.8 Å². The number of amides is 2. The summed E-state index contributed by atoms with van der Waals surface area (Å²) in [5.41, 5.74) is 4.31. The Labute approximate surface area is 149 Å². The highest BCUT2D eigenvalue weighted by molar-refractivity contribution is 7.93. The molecule has 0 spiro atoms. The maximum absolute atomic E-state index is 12.7. The lowest BCUT2D eigenvalue weighted by atomic mass is 9.89. The lowest BCUT2D eigenvalue weighted by Crippen LogP contribution is -2.31. The molecule has 0 atom stereocenters. The highest BCUT2D eigenvalue weighted by atomic mass is 32.2. The Kier molecular flexibility index (Phi) is 6.64. The van der Waals surface area contributed by atoms with E-state index in [9.17, 15) is 31.2 Å². The number of halogens is 3. The normalized spacial score (nSPS) is 12.0. The van der Waals surface area contributed by atoms with Gasteiger partial charge in [0.25, 0.3) is 0 Å². The molecule has 0 aliphatic carbocycles. The van der Waals surface area contributed by atoms with E-state index in [0.29, 0.717) is 12.8 Å². The minimum absolute atomic E-state index is 0.00118. The molecule has 26 heavy (non-hydrogen) atoms. The maximum Gasteiger partial charge on any atom is 0.516 e. The number of rotatable bonds is 8. The highest BCUT2D eigenvalue weighted by Crippen LogP contribution is 2.33. The molecule has 0 bridgehead atoms.